The van der Waals surface area contributed by atoms with E-state index >= 15 is 0 Å². The molecule has 1 amide bonds. The van der Waals surface area contributed by atoms with Crippen molar-refractivity contribution in [3.63, 3.8) is 0 Å². The topological polar surface area (TPSA) is 70.6 Å². The van der Waals surface area contributed by atoms with Crippen LogP contribution in [0.3, 0.4) is 0 Å². The van der Waals surface area contributed by atoms with Gasteiger partial charge in [0.2, 0.25) is 10.0 Å². The number of aryl methyl sites for hydroxylation is 3. The Morgan fingerprint density at radius 2 is 1.69 bits per heavy atom. The van der Waals surface area contributed by atoms with Gasteiger partial charge in [-0.3, -0.25) is 4.79 Å². The summed E-state index contributed by atoms with van der Waals surface area (Å²) in [4.78, 5) is 20.3. The maximum absolute atomic E-state index is 13.0. The molecule has 1 aliphatic heterocycles. The summed E-state index contributed by atoms with van der Waals surface area (Å²) in [5, 5.41) is 0.939. The fourth-order valence-electron chi connectivity index (χ4n) is 3.42. The maximum Gasteiger partial charge on any atom is 0.265 e. The highest BCUT2D eigenvalue weighted by molar-refractivity contribution is 7.89. The summed E-state index contributed by atoms with van der Waals surface area (Å²) in [7, 11) is -3.56. The molecule has 0 unspecified atom stereocenters. The molecule has 2 heterocycles. The summed E-state index contributed by atoms with van der Waals surface area (Å²) in [6, 6.07) is 5.37. The van der Waals surface area contributed by atoms with E-state index in [0.29, 0.717) is 36.0 Å². The number of rotatable bonds is 3. The standard InChI is InChI=1S/C21H29N3O3S2/c1-14-7-8-17(15(2)13-14)29(26,27)24-11-9-23(10-12-24)19(25)18-16(3)22-20(28-18)21(4,5)6/h7-8,13H,9-12H2,1-6H3. The van der Waals surface area contributed by atoms with Gasteiger partial charge in [-0.2, -0.15) is 4.31 Å². The smallest absolute Gasteiger partial charge is 0.265 e. The van der Waals surface area contributed by atoms with Gasteiger partial charge in [-0.25, -0.2) is 13.4 Å². The van der Waals surface area contributed by atoms with Crippen molar-refractivity contribution in [2.75, 3.05) is 26.2 Å². The molecule has 1 fully saturated rings. The fraction of sp³-hybridized carbons (Fsp3) is 0.524. The monoisotopic (exact) mass is 435 g/mol. The molecule has 29 heavy (non-hydrogen) atoms. The number of piperazine rings is 1. The van der Waals surface area contributed by atoms with Crippen molar-refractivity contribution in [1.29, 1.82) is 0 Å². The zero-order valence-electron chi connectivity index (χ0n) is 17.9. The number of carbonyl (C=O) groups excluding carboxylic acids is 1. The number of thiazole rings is 1. The highest BCUT2D eigenvalue weighted by Crippen LogP contribution is 2.30. The predicted molar refractivity (Wildman–Crippen MR) is 116 cm³/mol. The minimum Gasteiger partial charge on any atom is -0.335 e. The third kappa shape index (κ3) is 4.39. The van der Waals surface area contributed by atoms with Crippen LogP contribution in [0, 0.1) is 20.8 Å². The third-order valence-corrected chi connectivity index (χ3v) is 8.74. The second kappa shape index (κ2) is 7.81. The second-order valence-corrected chi connectivity index (χ2v) is 11.6. The lowest BCUT2D eigenvalue weighted by Gasteiger charge is -2.34. The van der Waals surface area contributed by atoms with Gasteiger partial charge in [0.15, 0.2) is 0 Å². The van der Waals surface area contributed by atoms with Crippen LogP contribution in [0.2, 0.25) is 0 Å². The summed E-state index contributed by atoms with van der Waals surface area (Å²) in [6.45, 7) is 13.2. The Bertz CT molecular complexity index is 1030. The summed E-state index contributed by atoms with van der Waals surface area (Å²) < 4.78 is 27.6. The van der Waals surface area contributed by atoms with Gasteiger partial charge in [-0.15, -0.1) is 11.3 Å². The van der Waals surface area contributed by atoms with E-state index in [2.05, 4.69) is 25.8 Å². The quantitative estimate of drug-likeness (QED) is 0.740. The average Bonchev–Trinajstić information content (AvgIpc) is 3.03. The van der Waals surface area contributed by atoms with Crippen LogP contribution in [0.15, 0.2) is 23.1 Å². The molecule has 0 spiro atoms. The molecule has 0 bridgehead atoms. The minimum absolute atomic E-state index is 0.0564. The number of carbonyl (C=O) groups is 1. The van der Waals surface area contributed by atoms with Gasteiger partial charge < -0.3 is 4.90 Å². The molecule has 1 aromatic heterocycles. The average molecular weight is 436 g/mol. The molecule has 0 atom stereocenters. The van der Waals surface area contributed by atoms with Crippen LogP contribution in [0.1, 0.15) is 52.3 Å². The first-order valence-corrected chi connectivity index (χ1v) is 12.0. The van der Waals surface area contributed by atoms with E-state index in [9.17, 15) is 13.2 Å². The minimum atomic E-state index is -3.56. The molecule has 6 nitrogen and oxygen atoms in total. The van der Waals surface area contributed by atoms with Gasteiger partial charge in [0.05, 0.1) is 15.6 Å². The van der Waals surface area contributed by atoms with Crippen LogP contribution in [-0.2, 0) is 15.4 Å². The second-order valence-electron chi connectivity index (χ2n) is 8.65. The summed E-state index contributed by atoms with van der Waals surface area (Å²) in [5.41, 5.74) is 2.42. The first-order valence-electron chi connectivity index (χ1n) is 9.76. The van der Waals surface area contributed by atoms with E-state index in [1.54, 1.807) is 11.0 Å². The van der Waals surface area contributed by atoms with Crippen molar-refractivity contribution >= 4 is 27.3 Å². The number of sulfonamides is 1. The first kappa shape index (κ1) is 21.9. The summed E-state index contributed by atoms with van der Waals surface area (Å²) in [5.74, 6) is -0.0564. The van der Waals surface area contributed by atoms with Crippen LogP contribution >= 0.6 is 11.3 Å². The highest BCUT2D eigenvalue weighted by Gasteiger charge is 2.33. The molecule has 1 aromatic carbocycles. The SMILES string of the molecule is Cc1ccc(S(=O)(=O)N2CCN(C(=O)c3sc(C(C)(C)C)nc3C)CC2)c(C)c1. The zero-order valence-corrected chi connectivity index (χ0v) is 19.6. The Hall–Kier alpha value is -1.77. The zero-order chi connectivity index (χ0) is 21.6. The lowest BCUT2D eigenvalue weighted by Crippen LogP contribution is -2.50. The maximum atomic E-state index is 13.0. The largest absolute Gasteiger partial charge is 0.335 e. The predicted octanol–water partition coefficient (Wildman–Crippen LogP) is 3.51. The molecule has 2 aromatic rings. The summed E-state index contributed by atoms with van der Waals surface area (Å²) >= 11 is 1.44. The number of amides is 1. The molecule has 0 N–H and O–H groups in total. The van der Waals surface area contributed by atoms with E-state index in [-0.39, 0.29) is 11.3 Å². The van der Waals surface area contributed by atoms with Gasteiger partial charge in [0.1, 0.15) is 4.88 Å². The van der Waals surface area contributed by atoms with Gasteiger partial charge in [-0.05, 0) is 32.4 Å². The molecule has 1 saturated heterocycles. The van der Waals surface area contributed by atoms with E-state index in [0.717, 1.165) is 21.8 Å². The molecule has 1 aliphatic rings. The molecular weight excluding hydrogens is 406 g/mol. The van der Waals surface area contributed by atoms with Crippen LogP contribution in [0.25, 0.3) is 0 Å². The van der Waals surface area contributed by atoms with Crippen LogP contribution < -0.4 is 0 Å². The van der Waals surface area contributed by atoms with Crippen LogP contribution in [0.5, 0.6) is 0 Å². The molecule has 0 aliphatic carbocycles. The van der Waals surface area contributed by atoms with E-state index < -0.39 is 10.0 Å². The van der Waals surface area contributed by atoms with Crippen LogP contribution in [-0.4, -0.2) is 54.7 Å². The molecule has 3 rings (SSSR count). The number of nitrogens with zero attached hydrogens (tertiary/aromatic N) is 3. The van der Waals surface area contributed by atoms with Crippen molar-refractivity contribution in [3.8, 4) is 0 Å². The van der Waals surface area contributed by atoms with Crippen LogP contribution in [0.4, 0.5) is 0 Å². The Balaban J connectivity index is 1.73. The van der Waals surface area contributed by atoms with Gasteiger partial charge >= 0.3 is 0 Å². The van der Waals surface area contributed by atoms with E-state index in [1.165, 1.54) is 15.6 Å². The van der Waals surface area contributed by atoms with E-state index in [1.807, 2.05) is 32.9 Å². The van der Waals surface area contributed by atoms with Gasteiger partial charge in [0, 0.05) is 31.6 Å². The molecule has 8 heteroatoms. The Morgan fingerprint density at radius 1 is 1.07 bits per heavy atom. The van der Waals surface area contributed by atoms with Crippen molar-refractivity contribution in [2.45, 2.75) is 51.9 Å². The van der Waals surface area contributed by atoms with Gasteiger partial charge in [0.25, 0.3) is 5.91 Å². The van der Waals surface area contributed by atoms with Crippen molar-refractivity contribution in [3.05, 3.63) is 44.9 Å². The molecule has 0 saturated carbocycles. The van der Waals surface area contributed by atoms with Crippen molar-refractivity contribution < 1.29 is 13.2 Å². The number of hydrogen-bond donors (Lipinski definition) is 0. The van der Waals surface area contributed by atoms with Crippen molar-refractivity contribution in [1.82, 2.24) is 14.2 Å². The highest BCUT2D eigenvalue weighted by atomic mass is 32.2. The fourth-order valence-corrected chi connectivity index (χ4v) is 6.14. The Kier molecular flexibility index (Phi) is 5.91. The Labute approximate surface area is 177 Å². The molecule has 0 radical (unpaired) electrons. The molecule has 158 valence electrons. The van der Waals surface area contributed by atoms with Gasteiger partial charge in [-0.1, -0.05) is 38.5 Å². The summed E-state index contributed by atoms with van der Waals surface area (Å²) in [6.07, 6.45) is 0. The van der Waals surface area contributed by atoms with Crippen molar-refractivity contribution in [2.24, 2.45) is 0 Å². The Morgan fingerprint density at radius 3 is 2.21 bits per heavy atom. The number of hydrogen-bond acceptors (Lipinski definition) is 5. The molecular formula is C21H29N3O3S2. The third-order valence-electron chi connectivity index (χ3n) is 5.11. The number of aromatic nitrogens is 1. The lowest BCUT2D eigenvalue weighted by molar-refractivity contribution is 0.0702. The number of benzene rings is 1. The normalized spacial score (nSPS) is 16.3. The first-order chi connectivity index (χ1) is 13.4. The van der Waals surface area contributed by atoms with E-state index in [4.69, 9.17) is 0 Å². The lowest BCUT2D eigenvalue weighted by atomic mass is 9.98.